The van der Waals surface area contributed by atoms with Gasteiger partial charge in [-0.2, -0.15) is 0 Å². The lowest BCUT2D eigenvalue weighted by atomic mass is 10.0. The number of nitrogen functional groups attached to an aromatic ring is 1. The van der Waals surface area contributed by atoms with E-state index in [1.807, 2.05) is 13.8 Å². The third-order valence-electron chi connectivity index (χ3n) is 2.94. The molecule has 0 aromatic carbocycles. The Kier molecular flexibility index (Phi) is 3.97. The summed E-state index contributed by atoms with van der Waals surface area (Å²) in [6.45, 7) is 9.14. The Balaban J connectivity index is 3.02. The molecule has 92 valence electrons. The molecule has 0 unspecified atom stereocenters. The van der Waals surface area contributed by atoms with Crippen LogP contribution in [0.15, 0.2) is 0 Å². The fourth-order valence-corrected chi connectivity index (χ4v) is 1.80. The van der Waals surface area contributed by atoms with Crippen LogP contribution in [0.25, 0.3) is 0 Å². The average molecular weight is 225 g/mol. The van der Waals surface area contributed by atoms with Crippen molar-refractivity contribution in [2.75, 3.05) is 12.8 Å². The van der Waals surface area contributed by atoms with Gasteiger partial charge in [0, 0.05) is 26.5 Å². The zero-order chi connectivity index (χ0) is 12.3. The second-order valence-electron chi connectivity index (χ2n) is 4.60. The number of nitrogens with two attached hydrogens (primary N) is 1. The van der Waals surface area contributed by atoms with Crippen molar-refractivity contribution in [3.63, 3.8) is 0 Å². The summed E-state index contributed by atoms with van der Waals surface area (Å²) in [5.41, 5.74) is 6.83. The SMILES string of the molecule is CCc1nc(CC(C)(C)OC)c(N)n1CC. The largest absolute Gasteiger partial charge is 0.384 e. The van der Waals surface area contributed by atoms with E-state index in [9.17, 15) is 0 Å². The first kappa shape index (κ1) is 13.0. The molecule has 0 saturated heterocycles. The minimum absolute atomic E-state index is 0.216. The van der Waals surface area contributed by atoms with Crippen LogP contribution in [0.5, 0.6) is 0 Å². The molecule has 2 N–H and O–H groups in total. The van der Waals surface area contributed by atoms with E-state index in [4.69, 9.17) is 10.5 Å². The third-order valence-corrected chi connectivity index (χ3v) is 2.94. The number of nitrogens with zero attached hydrogens (tertiary/aromatic N) is 2. The first-order valence-corrected chi connectivity index (χ1v) is 5.84. The normalized spacial score (nSPS) is 12.1. The number of rotatable bonds is 5. The number of aromatic nitrogens is 2. The van der Waals surface area contributed by atoms with Crippen LogP contribution in [0.4, 0.5) is 5.82 Å². The van der Waals surface area contributed by atoms with Crippen LogP contribution in [-0.4, -0.2) is 22.3 Å². The van der Waals surface area contributed by atoms with Crippen molar-refractivity contribution in [1.82, 2.24) is 9.55 Å². The molecule has 0 aliphatic carbocycles. The molecule has 1 heterocycles. The molecule has 1 aromatic heterocycles. The van der Waals surface area contributed by atoms with Gasteiger partial charge in [-0.15, -0.1) is 0 Å². The molecule has 0 radical (unpaired) electrons. The summed E-state index contributed by atoms with van der Waals surface area (Å²) in [5, 5.41) is 0. The molecular weight excluding hydrogens is 202 g/mol. The summed E-state index contributed by atoms with van der Waals surface area (Å²) < 4.78 is 7.48. The summed E-state index contributed by atoms with van der Waals surface area (Å²) >= 11 is 0. The summed E-state index contributed by atoms with van der Waals surface area (Å²) in [7, 11) is 1.72. The van der Waals surface area contributed by atoms with E-state index in [0.29, 0.717) is 0 Å². The van der Waals surface area contributed by atoms with Gasteiger partial charge in [0.05, 0.1) is 11.3 Å². The summed E-state index contributed by atoms with van der Waals surface area (Å²) in [5.74, 6) is 1.84. The fourth-order valence-electron chi connectivity index (χ4n) is 1.80. The topological polar surface area (TPSA) is 53.1 Å². The third kappa shape index (κ3) is 2.55. The van der Waals surface area contributed by atoms with Gasteiger partial charge < -0.3 is 15.0 Å². The lowest BCUT2D eigenvalue weighted by Crippen LogP contribution is -2.26. The van der Waals surface area contributed by atoms with E-state index >= 15 is 0 Å². The lowest BCUT2D eigenvalue weighted by molar-refractivity contribution is 0.0226. The Morgan fingerprint density at radius 3 is 2.38 bits per heavy atom. The molecule has 0 aliphatic heterocycles. The van der Waals surface area contributed by atoms with Crippen molar-refractivity contribution < 1.29 is 4.74 Å². The second kappa shape index (κ2) is 4.87. The van der Waals surface area contributed by atoms with Gasteiger partial charge in [-0.3, -0.25) is 0 Å². The molecule has 16 heavy (non-hydrogen) atoms. The second-order valence-corrected chi connectivity index (χ2v) is 4.60. The van der Waals surface area contributed by atoms with Crippen LogP contribution in [0.2, 0.25) is 0 Å². The number of anilines is 1. The van der Waals surface area contributed by atoms with Crippen LogP contribution in [-0.2, 0) is 24.1 Å². The number of methoxy groups -OCH3 is 1. The zero-order valence-corrected chi connectivity index (χ0v) is 11.0. The van der Waals surface area contributed by atoms with Crippen molar-refractivity contribution in [3.8, 4) is 0 Å². The van der Waals surface area contributed by atoms with E-state index in [2.05, 4.69) is 23.4 Å². The number of imidazole rings is 1. The van der Waals surface area contributed by atoms with E-state index in [1.54, 1.807) is 7.11 Å². The molecule has 0 spiro atoms. The fraction of sp³-hybridized carbons (Fsp3) is 0.750. The lowest BCUT2D eigenvalue weighted by Gasteiger charge is -2.21. The molecule has 0 amide bonds. The van der Waals surface area contributed by atoms with Gasteiger partial charge in [-0.05, 0) is 20.8 Å². The summed E-state index contributed by atoms with van der Waals surface area (Å²) in [6.07, 6.45) is 1.65. The van der Waals surface area contributed by atoms with E-state index < -0.39 is 0 Å². The van der Waals surface area contributed by atoms with Gasteiger partial charge in [-0.25, -0.2) is 4.98 Å². The highest BCUT2D eigenvalue weighted by Crippen LogP contribution is 2.22. The number of ether oxygens (including phenoxy) is 1. The molecule has 1 aromatic rings. The smallest absolute Gasteiger partial charge is 0.126 e. The molecule has 0 bridgehead atoms. The van der Waals surface area contributed by atoms with Gasteiger partial charge in [0.1, 0.15) is 11.6 Å². The number of aryl methyl sites for hydroxylation is 1. The Morgan fingerprint density at radius 2 is 2.00 bits per heavy atom. The van der Waals surface area contributed by atoms with Gasteiger partial charge in [0.15, 0.2) is 0 Å². The quantitative estimate of drug-likeness (QED) is 0.834. The monoisotopic (exact) mass is 225 g/mol. The summed E-state index contributed by atoms with van der Waals surface area (Å²) in [4.78, 5) is 4.59. The Labute approximate surface area is 97.8 Å². The predicted octanol–water partition coefficient (Wildman–Crippen LogP) is 2.02. The molecular formula is C12H23N3O. The van der Waals surface area contributed by atoms with Gasteiger partial charge in [-0.1, -0.05) is 6.92 Å². The van der Waals surface area contributed by atoms with Crippen LogP contribution >= 0.6 is 0 Å². The standard InChI is InChI=1S/C12H23N3O/c1-6-10-14-9(8-12(3,4)16-5)11(13)15(10)7-2/h6-8,13H2,1-5H3. The first-order chi connectivity index (χ1) is 7.45. The van der Waals surface area contributed by atoms with Gasteiger partial charge in [0.25, 0.3) is 0 Å². The molecule has 0 fully saturated rings. The minimum atomic E-state index is -0.216. The van der Waals surface area contributed by atoms with Crippen LogP contribution in [0.1, 0.15) is 39.2 Å². The van der Waals surface area contributed by atoms with Crippen molar-refractivity contribution in [2.45, 2.75) is 52.7 Å². The highest BCUT2D eigenvalue weighted by atomic mass is 16.5. The summed E-state index contributed by atoms with van der Waals surface area (Å²) in [6, 6.07) is 0. The average Bonchev–Trinajstić information content (AvgIpc) is 2.54. The first-order valence-electron chi connectivity index (χ1n) is 5.84. The maximum absolute atomic E-state index is 6.10. The Bertz CT molecular complexity index is 355. The van der Waals surface area contributed by atoms with Gasteiger partial charge >= 0.3 is 0 Å². The van der Waals surface area contributed by atoms with Crippen molar-refractivity contribution >= 4 is 5.82 Å². The molecule has 4 heteroatoms. The van der Waals surface area contributed by atoms with Crippen LogP contribution in [0.3, 0.4) is 0 Å². The van der Waals surface area contributed by atoms with Crippen LogP contribution in [0, 0.1) is 0 Å². The highest BCUT2D eigenvalue weighted by Gasteiger charge is 2.22. The van der Waals surface area contributed by atoms with Crippen molar-refractivity contribution in [3.05, 3.63) is 11.5 Å². The molecule has 4 nitrogen and oxygen atoms in total. The Hall–Kier alpha value is -1.03. The van der Waals surface area contributed by atoms with E-state index in [1.165, 1.54) is 0 Å². The maximum Gasteiger partial charge on any atom is 0.126 e. The molecule has 0 atom stereocenters. The number of hydrogen-bond acceptors (Lipinski definition) is 3. The number of hydrogen-bond donors (Lipinski definition) is 1. The highest BCUT2D eigenvalue weighted by molar-refractivity contribution is 5.39. The minimum Gasteiger partial charge on any atom is -0.384 e. The molecule has 0 aliphatic rings. The van der Waals surface area contributed by atoms with Crippen LogP contribution < -0.4 is 5.73 Å². The van der Waals surface area contributed by atoms with E-state index in [-0.39, 0.29) is 5.60 Å². The van der Waals surface area contributed by atoms with Gasteiger partial charge in [0.2, 0.25) is 0 Å². The maximum atomic E-state index is 6.10. The zero-order valence-electron chi connectivity index (χ0n) is 11.0. The molecule has 0 saturated carbocycles. The van der Waals surface area contributed by atoms with E-state index in [0.717, 1.165) is 36.7 Å². The predicted molar refractivity (Wildman–Crippen MR) is 66.5 cm³/mol. The molecule has 1 rings (SSSR count). The Morgan fingerprint density at radius 1 is 1.38 bits per heavy atom. The van der Waals surface area contributed by atoms with Crippen molar-refractivity contribution in [1.29, 1.82) is 0 Å². The van der Waals surface area contributed by atoms with Crippen molar-refractivity contribution in [2.24, 2.45) is 0 Å².